The number of aromatic nitrogens is 1. The number of thiocarbonyl (C=S) groups is 1. The highest BCUT2D eigenvalue weighted by Crippen LogP contribution is 2.37. The Balaban J connectivity index is 2.26. The molecule has 2 aliphatic heterocycles. The molecule has 6 nitrogen and oxygen atoms in total. The first-order valence-electron chi connectivity index (χ1n) is 11.4. The molecule has 0 aliphatic carbocycles. The number of hydrogen-bond donors (Lipinski definition) is 0. The lowest BCUT2D eigenvalue weighted by Gasteiger charge is -2.39. The van der Waals surface area contributed by atoms with E-state index in [0.29, 0.717) is 39.7 Å². The van der Waals surface area contributed by atoms with E-state index in [4.69, 9.17) is 12.2 Å². The molecule has 32 heavy (non-hydrogen) atoms. The minimum Gasteiger partial charge on any atom is -0.357 e. The highest BCUT2D eigenvalue weighted by molar-refractivity contribution is 8.26. The molecule has 2 unspecified atom stereocenters. The molecule has 0 bridgehead atoms. The first kappa shape index (κ1) is 24.5. The molecule has 2 saturated heterocycles. The van der Waals surface area contributed by atoms with E-state index in [1.807, 2.05) is 26.8 Å². The van der Waals surface area contributed by atoms with Crippen molar-refractivity contribution in [1.82, 2.24) is 9.47 Å². The van der Waals surface area contributed by atoms with Crippen LogP contribution in [-0.4, -0.2) is 39.3 Å². The minimum atomic E-state index is -0.247. The molecular weight excluding hydrogens is 440 g/mol. The SMILES string of the molecule is CCCN1C(=O)/C(=C/c2c(C)c(C#N)c(=O)n(CCC)c2N2CC(C)CC(C)C2)SC1=S. The van der Waals surface area contributed by atoms with Gasteiger partial charge in [0.25, 0.3) is 11.5 Å². The van der Waals surface area contributed by atoms with Crippen LogP contribution in [0.1, 0.15) is 63.6 Å². The molecule has 1 amide bonds. The minimum absolute atomic E-state index is 0.0978. The predicted octanol–water partition coefficient (Wildman–Crippen LogP) is 4.53. The average Bonchev–Trinajstić information content (AvgIpc) is 2.99. The van der Waals surface area contributed by atoms with Gasteiger partial charge in [-0.3, -0.25) is 19.1 Å². The number of pyridine rings is 1. The Bertz CT molecular complexity index is 1040. The molecular formula is C24H32N4O2S2. The van der Waals surface area contributed by atoms with Crippen molar-refractivity contribution in [2.24, 2.45) is 11.8 Å². The van der Waals surface area contributed by atoms with Crippen molar-refractivity contribution in [3.05, 3.63) is 31.9 Å². The maximum Gasteiger partial charge on any atom is 0.270 e. The van der Waals surface area contributed by atoms with Gasteiger partial charge in [-0.2, -0.15) is 5.26 Å². The Morgan fingerprint density at radius 3 is 2.34 bits per heavy atom. The molecule has 1 aromatic heterocycles. The van der Waals surface area contributed by atoms with Crippen molar-refractivity contribution < 1.29 is 4.79 Å². The van der Waals surface area contributed by atoms with Gasteiger partial charge in [0.05, 0.1) is 4.91 Å². The smallest absolute Gasteiger partial charge is 0.270 e. The molecule has 2 atom stereocenters. The Morgan fingerprint density at radius 2 is 1.78 bits per heavy atom. The molecule has 2 fully saturated rings. The van der Waals surface area contributed by atoms with Gasteiger partial charge in [0.1, 0.15) is 21.8 Å². The first-order chi connectivity index (χ1) is 15.2. The third kappa shape index (κ3) is 4.65. The van der Waals surface area contributed by atoms with E-state index < -0.39 is 0 Å². The van der Waals surface area contributed by atoms with Crippen LogP contribution in [0.25, 0.3) is 6.08 Å². The van der Waals surface area contributed by atoms with Crippen LogP contribution in [0.3, 0.4) is 0 Å². The van der Waals surface area contributed by atoms with Crippen molar-refractivity contribution in [3.63, 3.8) is 0 Å². The number of rotatable bonds is 6. The summed E-state index contributed by atoms with van der Waals surface area (Å²) in [6.45, 7) is 13.1. The standard InChI is InChI=1S/C24H32N4O2S2/c1-6-8-27-21(26-13-15(3)10-16(4)14-26)18(17(5)19(12-25)22(27)29)11-20-23(30)28(9-7-2)24(31)32-20/h11,15-16H,6-10,13-14H2,1-5H3/b20-11-. The summed E-state index contributed by atoms with van der Waals surface area (Å²) in [4.78, 5) is 30.8. The summed E-state index contributed by atoms with van der Waals surface area (Å²) in [5.74, 6) is 1.72. The number of hydrogen-bond acceptors (Lipinski definition) is 6. The van der Waals surface area contributed by atoms with Gasteiger partial charge >= 0.3 is 0 Å². The monoisotopic (exact) mass is 472 g/mol. The Kier molecular flexibility index (Phi) is 7.84. The quantitative estimate of drug-likeness (QED) is 0.447. The molecule has 8 heteroatoms. The van der Waals surface area contributed by atoms with E-state index in [0.717, 1.165) is 43.7 Å². The highest BCUT2D eigenvalue weighted by Gasteiger charge is 2.33. The van der Waals surface area contributed by atoms with Crippen LogP contribution >= 0.6 is 24.0 Å². The molecule has 0 saturated carbocycles. The second kappa shape index (κ2) is 10.2. The zero-order chi connectivity index (χ0) is 23.6. The maximum absolute atomic E-state index is 13.3. The van der Waals surface area contributed by atoms with Gasteiger partial charge in [-0.15, -0.1) is 0 Å². The normalized spacial score (nSPS) is 22.7. The second-order valence-corrected chi connectivity index (χ2v) is 10.7. The van der Waals surface area contributed by atoms with Gasteiger partial charge in [-0.1, -0.05) is 51.7 Å². The van der Waals surface area contributed by atoms with Gasteiger partial charge in [0.15, 0.2) is 0 Å². The van der Waals surface area contributed by atoms with Crippen LogP contribution in [-0.2, 0) is 11.3 Å². The van der Waals surface area contributed by atoms with E-state index in [2.05, 4.69) is 24.8 Å². The van der Waals surface area contributed by atoms with E-state index in [9.17, 15) is 14.9 Å². The van der Waals surface area contributed by atoms with Crippen LogP contribution in [0.2, 0.25) is 0 Å². The number of nitrogens with zero attached hydrogens (tertiary/aromatic N) is 4. The third-order valence-electron chi connectivity index (χ3n) is 6.06. The van der Waals surface area contributed by atoms with Crippen LogP contribution in [0, 0.1) is 30.1 Å². The predicted molar refractivity (Wildman–Crippen MR) is 136 cm³/mol. The molecule has 1 aromatic rings. The lowest BCUT2D eigenvalue weighted by Crippen LogP contribution is -2.43. The molecule has 2 aliphatic rings. The number of amides is 1. The molecule has 0 spiro atoms. The fourth-order valence-corrected chi connectivity index (χ4v) is 6.09. The molecule has 0 N–H and O–H groups in total. The van der Waals surface area contributed by atoms with Crippen LogP contribution in [0.5, 0.6) is 0 Å². The Labute approximate surface area is 200 Å². The number of anilines is 1. The van der Waals surface area contributed by atoms with Crippen LogP contribution in [0.4, 0.5) is 5.82 Å². The fourth-order valence-electron chi connectivity index (χ4n) is 4.80. The summed E-state index contributed by atoms with van der Waals surface area (Å²) in [6.07, 6.45) is 4.61. The highest BCUT2D eigenvalue weighted by atomic mass is 32.2. The summed E-state index contributed by atoms with van der Waals surface area (Å²) in [6, 6.07) is 2.12. The lowest BCUT2D eigenvalue weighted by molar-refractivity contribution is -0.122. The van der Waals surface area contributed by atoms with Crippen molar-refractivity contribution in [2.45, 2.75) is 60.4 Å². The van der Waals surface area contributed by atoms with Gasteiger partial charge < -0.3 is 4.90 Å². The van der Waals surface area contributed by atoms with E-state index in [1.54, 1.807) is 9.47 Å². The maximum atomic E-state index is 13.3. The first-order valence-corrected chi connectivity index (χ1v) is 12.6. The lowest BCUT2D eigenvalue weighted by atomic mass is 9.91. The topological polar surface area (TPSA) is 69.3 Å². The van der Waals surface area contributed by atoms with E-state index >= 15 is 0 Å². The van der Waals surface area contributed by atoms with Crippen LogP contribution in [0.15, 0.2) is 9.70 Å². The van der Waals surface area contributed by atoms with Crippen molar-refractivity contribution in [3.8, 4) is 6.07 Å². The molecule has 0 aromatic carbocycles. The van der Waals surface area contributed by atoms with Crippen LogP contribution < -0.4 is 10.5 Å². The Hall–Kier alpha value is -2.11. The zero-order valence-electron chi connectivity index (χ0n) is 19.6. The molecule has 3 rings (SSSR count). The van der Waals surface area contributed by atoms with E-state index in [-0.39, 0.29) is 17.0 Å². The molecule has 3 heterocycles. The molecule has 172 valence electrons. The number of nitriles is 1. The Morgan fingerprint density at radius 1 is 1.16 bits per heavy atom. The van der Waals surface area contributed by atoms with Crippen molar-refractivity contribution >= 4 is 46.1 Å². The summed E-state index contributed by atoms with van der Waals surface area (Å²) in [5, 5.41) is 9.77. The van der Waals surface area contributed by atoms with Gasteiger partial charge in [-0.25, -0.2) is 0 Å². The summed E-state index contributed by atoms with van der Waals surface area (Å²) >= 11 is 6.74. The van der Waals surface area contributed by atoms with Crippen molar-refractivity contribution in [1.29, 1.82) is 5.26 Å². The summed E-state index contributed by atoms with van der Waals surface area (Å²) in [7, 11) is 0. The largest absolute Gasteiger partial charge is 0.357 e. The van der Waals surface area contributed by atoms with Gasteiger partial charge in [0.2, 0.25) is 0 Å². The number of carbonyl (C=O) groups excluding carboxylic acids is 1. The van der Waals surface area contributed by atoms with Gasteiger partial charge in [-0.05, 0) is 49.7 Å². The van der Waals surface area contributed by atoms with Gasteiger partial charge in [0, 0.05) is 31.7 Å². The number of piperidine rings is 1. The number of carbonyl (C=O) groups is 1. The number of thioether (sulfide) groups is 1. The third-order valence-corrected chi connectivity index (χ3v) is 7.44. The average molecular weight is 473 g/mol. The second-order valence-electron chi connectivity index (χ2n) is 8.99. The molecule has 0 radical (unpaired) electrons. The zero-order valence-corrected chi connectivity index (χ0v) is 21.2. The summed E-state index contributed by atoms with van der Waals surface area (Å²) < 4.78 is 2.31. The van der Waals surface area contributed by atoms with E-state index in [1.165, 1.54) is 11.8 Å². The fraction of sp³-hybridized carbons (Fsp3) is 0.583. The summed E-state index contributed by atoms with van der Waals surface area (Å²) in [5.41, 5.74) is 1.32. The van der Waals surface area contributed by atoms with Crippen molar-refractivity contribution in [2.75, 3.05) is 24.5 Å².